The van der Waals surface area contributed by atoms with Crippen LogP contribution in [-0.4, -0.2) is 28.7 Å². The molecule has 1 heterocycles. The molecular formula is C4H7NO2S. The third kappa shape index (κ3) is 1.14. The summed E-state index contributed by atoms with van der Waals surface area (Å²) in [6, 6.07) is -1.49. The lowest BCUT2D eigenvalue weighted by Gasteiger charge is -1.98. The Morgan fingerprint density at radius 3 is 3.12 bits per heavy atom. The number of hydrogen-bond donors (Lipinski definition) is 2. The molecule has 0 spiro atoms. The Kier molecular flexibility index (Phi) is 0.763. The van der Waals surface area contributed by atoms with Crippen molar-refractivity contribution in [3.8, 4) is 0 Å². The van der Waals surface area contributed by atoms with Crippen LogP contribution >= 0.6 is 11.8 Å². The highest BCUT2D eigenvalue weighted by molar-refractivity contribution is 7.99. The van der Waals surface area contributed by atoms with Gasteiger partial charge in [-0.25, -0.2) is 0 Å². The summed E-state index contributed by atoms with van der Waals surface area (Å²) in [7, 11) is 0. The molecule has 1 aliphatic heterocycles. The van der Waals surface area contributed by atoms with Crippen molar-refractivity contribution in [2.75, 3.05) is 11.5 Å². The molecule has 1 fully saturated rings. The largest absolute Gasteiger partial charge is 0.480 e. The van der Waals surface area contributed by atoms with E-state index in [0.29, 0.717) is 11.8 Å². The summed E-state index contributed by atoms with van der Waals surface area (Å²) < 4.78 is 28.5. The van der Waals surface area contributed by atoms with Crippen LogP contribution < -0.4 is 5.32 Å². The fourth-order valence-corrected chi connectivity index (χ4v) is 0.832. The number of thioether (sulfide) groups is 1. The van der Waals surface area contributed by atoms with Crippen molar-refractivity contribution < 1.29 is 15.4 Å². The Labute approximate surface area is 57.1 Å². The average molecular weight is 137 g/mol. The SMILES string of the molecule is [2H]C1([2H])NC(C(=O)O)C([2H])([2H])S1. The van der Waals surface area contributed by atoms with Crippen molar-refractivity contribution in [2.45, 2.75) is 6.04 Å². The summed E-state index contributed by atoms with van der Waals surface area (Å²) >= 11 is 0.336. The van der Waals surface area contributed by atoms with Gasteiger partial charge in [0.05, 0.1) is 2.74 Å². The van der Waals surface area contributed by atoms with E-state index in [9.17, 15) is 4.79 Å². The summed E-state index contributed by atoms with van der Waals surface area (Å²) in [5.74, 6) is -3.39. The van der Waals surface area contributed by atoms with Gasteiger partial charge in [0.1, 0.15) is 6.04 Å². The van der Waals surface area contributed by atoms with E-state index >= 15 is 0 Å². The average Bonchev–Trinajstić information content (AvgIpc) is 1.99. The maximum atomic E-state index is 10.4. The molecule has 2 N–H and O–H groups in total. The third-order valence-electron chi connectivity index (χ3n) is 0.678. The van der Waals surface area contributed by atoms with Crippen molar-refractivity contribution in [3.05, 3.63) is 0 Å². The minimum Gasteiger partial charge on any atom is -0.480 e. The van der Waals surface area contributed by atoms with Gasteiger partial charge >= 0.3 is 5.97 Å². The monoisotopic (exact) mass is 137 g/mol. The summed E-state index contributed by atoms with van der Waals surface area (Å²) in [6.07, 6.45) is 0. The topological polar surface area (TPSA) is 49.3 Å². The molecule has 3 nitrogen and oxygen atoms in total. The molecule has 8 heavy (non-hydrogen) atoms. The number of nitrogens with one attached hydrogen (secondary N) is 1. The van der Waals surface area contributed by atoms with E-state index in [-0.39, 0.29) is 0 Å². The molecule has 1 rings (SSSR count). The maximum absolute atomic E-state index is 10.4. The second-order valence-electron chi connectivity index (χ2n) is 1.24. The van der Waals surface area contributed by atoms with Crippen molar-refractivity contribution in [3.63, 3.8) is 0 Å². The predicted molar refractivity (Wildman–Crippen MR) is 31.9 cm³/mol. The molecule has 0 amide bonds. The van der Waals surface area contributed by atoms with Gasteiger partial charge in [-0.1, -0.05) is 0 Å². The molecule has 0 aromatic carbocycles. The quantitative estimate of drug-likeness (QED) is 0.522. The van der Waals surface area contributed by atoms with E-state index in [1.165, 1.54) is 0 Å². The van der Waals surface area contributed by atoms with E-state index in [1.807, 2.05) is 5.32 Å². The number of carboxylic acids is 1. The Bertz CT molecular complexity index is 221. The van der Waals surface area contributed by atoms with Gasteiger partial charge in [-0.2, -0.15) is 0 Å². The van der Waals surface area contributed by atoms with Crippen LogP contribution in [0.1, 0.15) is 5.48 Å². The molecule has 0 aliphatic carbocycles. The van der Waals surface area contributed by atoms with Crippen LogP contribution in [0.5, 0.6) is 0 Å². The summed E-state index contributed by atoms with van der Waals surface area (Å²) in [5.41, 5.74) is -2.10. The van der Waals surface area contributed by atoms with E-state index in [2.05, 4.69) is 0 Å². The van der Waals surface area contributed by atoms with Crippen molar-refractivity contribution in [1.29, 1.82) is 0 Å². The van der Waals surface area contributed by atoms with Crippen LogP contribution in [0, 0.1) is 0 Å². The smallest absolute Gasteiger partial charge is 0.321 e. The van der Waals surface area contributed by atoms with E-state index in [1.54, 1.807) is 0 Å². The highest BCUT2D eigenvalue weighted by Gasteiger charge is 2.20. The molecule has 0 aromatic rings. The second kappa shape index (κ2) is 2.37. The van der Waals surface area contributed by atoms with Crippen molar-refractivity contribution >= 4 is 17.7 Å². The molecule has 0 bridgehead atoms. The lowest BCUT2D eigenvalue weighted by molar-refractivity contribution is -0.138. The van der Waals surface area contributed by atoms with Crippen LogP contribution in [0.3, 0.4) is 0 Å². The number of carboxylic acid groups (broad SMARTS) is 1. The Balaban J connectivity index is 2.85. The standard InChI is InChI=1S/C4H7NO2S/c6-4(7)3-1-8-2-5-3/h3,5H,1-2H2,(H,6,7)/i1D2,2D2. The fraction of sp³-hybridized carbons (Fsp3) is 0.750. The molecule has 1 aliphatic rings. The predicted octanol–water partition coefficient (Wildman–Crippen LogP) is -0.267. The van der Waals surface area contributed by atoms with Gasteiger partial charge in [0.25, 0.3) is 0 Å². The van der Waals surface area contributed by atoms with Gasteiger partial charge in [0, 0.05) is 14.3 Å². The number of hydrogen-bond acceptors (Lipinski definition) is 3. The van der Waals surface area contributed by atoms with Crippen LogP contribution in [0.15, 0.2) is 0 Å². The normalized spacial score (nSPS) is 48.2. The fourth-order valence-electron chi connectivity index (χ4n) is 0.318. The first-order chi connectivity index (χ1) is 5.25. The zero-order chi connectivity index (χ0) is 9.57. The third-order valence-corrected chi connectivity index (χ3v) is 1.25. The maximum Gasteiger partial charge on any atom is 0.321 e. The molecular weight excluding hydrogens is 126 g/mol. The van der Waals surface area contributed by atoms with Gasteiger partial charge in [0.2, 0.25) is 0 Å². The van der Waals surface area contributed by atoms with Gasteiger partial charge in [-0.05, 0) is 0 Å². The molecule has 1 unspecified atom stereocenters. The molecule has 46 valence electrons. The minimum atomic E-state index is -2.10. The Hall–Kier alpha value is -0.220. The summed E-state index contributed by atoms with van der Waals surface area (Å²) in [4.78, 5) is 10.4. The second-order valence-corrected chi connectivity index (χ2v) is 1.88. The van der Waals surface area contributed by atoms with E-state index in [0.717, 1.165) is 0 Å². The number of aliphatic carboxylic acids is 1. The van der Waals surface area contributed by atoms with Gasteiger partial charge in [-0.3, -0.25) is 10.1 Å². The van der Waals surface area contributed by atoms with E-state index < -0.39 is 23.5 Å². The number of carbonyl (C=O) groups is 1. The zero-order valence-electron chi connectivity index (χ0n) is 7.84. The Morgan fingerprint density at radius 1 is 2.12 bits per heavy atom. The van der Waals surface area contributed by atoms with Crippen LogP contribution in [0.4, 0.5) is 0 Å². The highest BCUT2D eigenvalue weighted by Crippen LogP contribution is 2.08. The molecule has 0 radical (unpaired) electrons. The van der Waals surface area contributed by atoms with Crippen LogP contribution in [0.2, 0.25) is 0 Å². The zero-order valence-corrected chi connectivity index (χ0v) is 4.66. The first kappa shape index (κ1) is 2.58. The van der Waals surface area contributed by atoms with Crippen molar-refractivity contribution in [2.24, 2.45) is 0 Å². The van der Waals surface area contributed by atoms with Gasteiger partial charge in [-0.15, -0.1) is 11.8 Å². The van der Waals surface area contributed by atoms with Crippen LogP contribution in [-0.2, 0) is 4.79 Å². The summed E-state index contributed by atoms with van der Waals surface area (Å²) in [5, 5.41) is 10.5. The lowest BCUT2D eigenvalue weighted by Crippen LogP contribution is -2.32. The Morgan fingerprint density at radius 2 is 2.88 bits per heavy atom. The first-order valence-corrected chi connectivity index (χ1v) is 2.77. The highest BCUT2D eigenvalue weighted by atomic mass is 32.2. The number of rotatable bonds is 1. The van der Waals surface area contributed by atoms with E-state index in [4.69, 9.17) is 10.6 Å². The molecule has 1 saturated heterocycles. The molecule has 1 atom stereocenters. The molecule has 4 heteroatoms. The molecule has 0 aromatic heterocycles. The van der Waals surface area contributed by atoms with Crippen molar-refractivity contribution in [1.82, 2.24) is 5.32 Å². The van der Waals surface area contributed by atoms with Gasteiger partial charge < -0.3 is 5.11 Å². The molecule has 0 saturated carbocycles. The summed E-state index contributed by atoms with van der Waals surface area (Å²) in [6.45, 7) is 0. The van der Waals surface area contributed by atoms with Gasteiger partial charge in [0.15, 0.2) is 0 Å². The minimum absolute atomic E-state index is 0.336. The van der Waals surface area contributed by atoms with Crippen LogP contribution in [0.25, 0.3) is 0 Å². The lowest BCUT2D eigenvalue weighted by atomic mass is 10.4. The first-order valence-electron chi connectivity index (χ1n) is 3.95.